The molecular weight excluding hydrogens is 404 g/mol. The molecule has 2 aromatic carbocycles. The summed E-state index contributed by atoms with van der Waals surface area (Å²) in [5.74, 6) is -2.14. The number of hydrogen-bond acceptors (Lipinski definition) is 5. The molecule has 4 rings (SSSR count). The van der Waals surface area contributed by atoms with E-state index in [1.54, 1.807) is 12.1 Å². The number of sulfonamides is 1. The van der Waals surface area contributed by atoms with Gasteiger partial charge in [0.2, 0.25) is 10.0 Å². The number of anilines is 2. The number of non-ortho nitro benzene ring substituents is 1. The average molecular weight is 423 g/mol. The number of hydrogen-bond donors (Lipinski definition) is 0. The maximum atomic E-state index is 14.4. The predicted octanol–water partition coefficient (Wildman–Crippen LogP) is 3.23. The molecule has 7 nitrogen and oxygen atoms in total. The molecular formula is C19H19F2N3O4S. The zero-order valence-electron chi connectivity index (χ0n) is 15.4. The number of halogens is 2. The minimum atomic E-state index is -3.72. The van der Waals surface area contributed by atoms with Gasteiger partial charge in [0.05, 0.1) is 28.0 Å². The Labute approximate surface area is 166 Å². The fourth-order valence-corrected chi connectivity index (χ4v) is 6.09. The molecule has 10 heteroatoms. The van der Waals surface area contributed by atoms with Crippen LogP contribution in [0.2, 0.25) is 0 Å². The average Bonchev–Trinajstić information content (AvgIpc) is 3.12. The van der Waals surface area contributed by atoms with Gasteiger partial charge in [0, 0.05) is 19.6 Å². The van der Waals surface area contributed by atoms with Crippen LogP contribution in [-0.4, -0.2) is 38.2 Å². The van der Waals surface area contributed by atoms with Crippen LogP contribution in [0.4, 0.5) is 25.8 Å². The number of benzene rings is 2. The lowest BCUT2D eigenvalue weighted by Crippen LogP contribution is -2.48. The summed E-state index contributed by atoms with van der Waals surface area (Å²) in [5.41, 5.74) is 0.504. The molecule has 154 valence electrons. The molecule has 29 heavy (non-hydrogen) atoms. The molecule has 2 heterocycles. The highest BCUT2D eigenvalue weighted by atomic mass is 32.2. The number of piperidine rings is 1. The monoisotopic (exact) mass is 423 g/mol. The number of rotatable bonds is 4. The van der Waals surface area contributed by atoms with Gasteiger partial charge < -0.3 is 4.90 Å². The van der Waals surface area contributed by atoms with Crippen molar-refractivity contribution in [1.82, 2.24) is 0 Å². The van der Waals surface area contributed by atoms with E-state index in [4.69, 9.17) is 0 Å². The van der Waals surface area contributed by atoms with E-state index >= 15 is 0 Å². The Hall–Kier alpha value is -2.75. The Morgan fingerprint density at radius 3 is 2.48 bits per heavy atom. The van der Waals surface area contributed by atoms with Gasteiger partial charge in [0.15, 0.2) is 11.6 Å². The maximum Gasteiger partial charge on any atom is 0.275 e. The molecule has 2 aromatic rings. The van der Waals surface area contributed by atoms with Gasteiger partial charge in [-0.1, -0.05) is 18.2 Å². The number of fused-ring (bicyclic) bond motifs is 1. The van der Waals surface area contributed by atoms with Crippen molar-refractivity contribution in [3.05, 3.63) is 63.7 Å². The van der Waals surface area contributed by atoms with Crippen LogP contribution >= 0.6 is 0 Å². The van der Waals surface area contributed by atoms with E-state index in [1.165, 1.54) is 9.21 Å². The van der Waals surface area contributed by atoms with Crippen molar-refractivity contribution in [1.29, 1.82) is 0 Å². The first-order valence-electron chi connectivity index (χ1n) is 9.27. The van der Waals surface area contributed by atoms with Crippen LogP contribution < -0.4 is 9.21 Å². The summed E-state index contributed by atoms with van der Waals surface area (Å²) in [7, 11) is -3.72. The summed E-state index contributed by atoms with van der Waals surface area (Å²) in [4.78, 5) is 11.3. The Kier molecular flexibility index (Phi) is 4.89. The molecule has 1 atom stereocenters. The van der Waals surface area contributed by atoms with Gasteiger partial charge in [-0.2, -0.15) is 0 Å². The topological polar surface area (TPSA) is 83.8 Å². The summed E-state index contributed by atoms with van der Waals surface area (Å²) >= 11 is 0. The van der Waals surface area contributed by atoms with E-state index in [-0.39, 0.29) is 13.1 Å². The van der Waals surface area contributed by atoms with Crippen LogP contribution in [0.5, 0.6) is 0 Å². The number of nitrogens with zero attached hydrogens (tertiary/aromatic N) is 3. The summed E-state index contributed by atoms with van der Waals surface area (Å²) in [6, 6.07) is 8.61. The van der Waals surface area contributed by atoms with E-state index < -0.39 is 43.2 Å². The lowest BCUT2D eigenvalue weighted by molar-refractivity contribution is -0.385. The third-order valence-corrected chi connectivity index (χ3v) is 7.70. The lowest BCUT2D eigenvalue weighted by atomic mass is 10.1. The Bertz CT molecular complexity index is 1050. The van der Waals surface area contributed by atoms with E-state index in [0.717, 1.165) is 5.56 Å². The smallest absolute Gasteiger partial charge is 0.275 e. The second kappa shape index (κ2) is 7.25. The van der Waals surface area contributed by atoms with E-state index in [0.29, 0.717) is 43.6 Å². The summed E-state index contributed by atoms with van der Waals surface area (Å²) in [6.07, 6.45) is 1.44. The molecule has 1 unspecified atom stereocenters. The van der Waals surface area contributed by atoms with Crippen molar-refractivity contribution in [2.75, 3.05) is 28.8 Å². The summed E-state index contributed by atoms with van der Waals surface area (Å²) in [5, 5.41) is 9.98. The normalized spacial score (nSPS) is 19.3. The van der Waals surface area contributed by atoms with Gasteiger partial charge in [-0.3, -0.25) is 14.4 Å². The molecule has 0 N–H and O–H groups in total. The SMILES string of the molecule is O=[N+]([O-])c1cc(F)c(N2CCCC(S(=O)(=O)N3CCc4ccccc43)C2)c(F)c1. The van der Waals surface area contributed by atoms with Crippen molar-refractivity contribution in [2.24, 2.45) is 0 Å². The quantitative estimate of drug-likeness (QED) is 0.557. The molecule has 1 saturated heterocycles. The Balaban J connectivity index is 1.62. The molecule has 0 saturated carbocycles. The standard InChI is InChI=1S/C19H19F2N3O4S/c20-16-10-14(24(25)26)11-17(21)19(16)22-8-3-5-15(12-22)29(27,28)23-9-7-13-4-1-2-6-18(13)23/h1-2,4,6,10-11,15H,3,5,7-9,12H2. The van der Waals surface area contributed by atoms with Gasteiger partial charge in [0.25, 0.3) is 5.69 Å². The highest BCUT2D eigenvalue weighted by Crippen LogP contribution is 2.35. The third kappa shape index (κ3) is 3.41. The van der Waals surface area contributed by atoms with Gasteiger partial charge in [-0.05, 0) is 30.9 Å². The van der Waals surface area contributed by atoms with Crippen LogP contribution in [0.1, 0.15) is 18.4 Å². The molecule has 0 bridgehead atoms. The molecule has 1 fully saturated rings. The fourth-order valence-electron chi connectivity index (χ4n) is 4.10. The minimum absolute atomic E-state index is 0.0767. The lowest BCUT2D eigenvalue weighted by Gasteiger charge is -2.36. The highest BCUT2D eigenvalue weighted by molar-refractivity contribution is 7.93. The van der Waals surface area contributed by atoms with E-state index in [1.807, 2.05) is 12.1 Å². The van der Waals surface area contributed by atoms with Gasteiger partial charge >= 0.3 is 0 Å². The summed E-state index contributed by atoms with van der Waals surface area (Å²) < 4.78 is 56.8. The fraction of sp³-hybridized carbons (Fsp3) is 0.368. The summed E-state index contributed by atoms with van der Waals surface area (Å²) in [6.45, 7) is 0.541. The van der Waals surface area contributed by atoms with Crippen LogP contribution in [-0.2, 0) is 16.4 Å². The van der Waals surface area contributed by atoms with Crippen molar-refractivity contribution < 1.29 is 22.1 Å². The molecule has 2 aliphatic heterocycles. The highest BCUT2D eigenvalue weighted by Gasteiger charge is 2.39. The third-order valence-electron chi connectivity index (χ3n) is 5.48. The molecule has 0 radical (unpaired) electrons. The van der Waals surface area contributed by atoms with Crippen molar-refractivity contribution in [3.8, 4) is 0 Å². The van der Waals surface area contributed by atoms with Crippen LogP contribution in [0.25, 0.3) is 0 Å². The van der Waals surface area contributed by atoms with E-state index in [2.05, 4.69) is 0 Å². The van der Waals surface area contributed by atoms with Crippen molar-refractivity contribution >= 4 is 27.1 Å². The number of nitro benzene ring substituents is 1. The zero-order valence-corrected chi connectivity index (χ0v) is 16.2. The van der Waals surface area contributed by atoms with E-state index in [9.17, 15) is 27.3 Å². The second-order valence-electron chi connectivity index (χ2n) is 7.22. The molecule has 0 aliphatic carbocycles. The molecule has 0 amide bonds. The van der Waals surface area contributed by atoms with Crippen LogP contribution in [0.3, 0.4) is 0 Å². The Morgan fingerprint density at radius 1 is 1.10 bits per heavy atom. The first-order valence-corrected chi connectivity index (χ1v) is 10.8. The van der Waals surface area contributed by atoms with Crippen LogP contribution in [0.15, 0.2) is 36.4 Å². The van der Waals surface area contributed by atoms with Crippen molar-refractivity contribution in [2.45, 2.75) is 24.5 Å². The maximum absolute atomic E-state index is 14.4. The van der Waals surface area contributed by atoms with Gasteiger partial charge in [-0.15, -0.1) is 0 Å². The van der Waals surface area contributed by atoms with Crippen molar-refractivity contribution in [3.63, 3.8) is 0 Å². The number of para-hydroxylation sites is 1. The minimum Gasteiger partial charge on any atom is -0.365 e. The second-order valence-corrected chi connectivity index (χ2v) is 9.36. The number of nitro groups is 1. The first kappa shape index (κ1) is 19.6. The Morgan fingerprint density at radius 2 is 1.79 bits per heavy atom. The van der Waals surface area contributed by atoms with Crippen LogP contribution in [0, 0.1) is 21.7 Å². The molecule has 2 aliphatic rings. The first-order chi connectivity index (χ1) is 13.8. The molecule has 0 spiro atoms. The van der Waals surface area contributed by atoms with Gasteiger partial charge in [0.1, 0.15) is 5.69 Å². The molecule has 0 aromatic heterocycles. The largest absolute Gasteiger partial charge is 0.365 e. The van der Waals surface area contributed by atoms with Gasteiger partial charge in [-0.25, -0.2) is 17.2 Å². The zero-order chi connectivity index (χ0) is 20.8. The predicted molar refractivity (Wildman–Crippen MR) is 105 cm³/mol.